The van der Waals surface area contributed by atoms with Gasteiger partial charge in [0.1, 0.15) is 5.75 Å². The van der Waals surface area contributed by atoms with E-state index < -0.39 is 0 Å². The minimum Gasteiger partial charge on any atom is -0.496 e. The summed E-state index contributed by atoms with van der Waals surface area (Å²) in [7, 11) is 1.73. The fourth-order valence-electron chi connectivity index (χ4n) is 2.76. The molecule has 1 saturated carbocycles. The highest BCUT2D eigenvalue weighted by Gasteiger charge is 2.36. The molecule has 2 N–H and O–H groups in total. The van der Waals surface area contributed by atoms with Gasteiger partial charge in [0.25, 0.3) is 0 Å². The van der Waals surface area contributed by atoms with Crippen molar-refractivity contribution in [2.24, 2.45) is 5.73 Å². The molecule has 2 atom stereocenters. The topological polar surface area (TPSA) is 38.5 Å². The molecule has 3 heteroatoms. The molecule has 1 aliphatic rings. The molecule has 1 fully saturated rings. The van der Waals surface area contributed by atoms with Crippen molar-refractivity contribution in [3.8, 4) is 5.75 Å². The molecule has 3 nitrogen and oxygen atoms in total. The maximum Gasteiger partial charge on any atom is 0.123 e. The first-order valence-electron chi connectivity index (χ1n) is 6.83. The second-order valence-electron chi connectivity index (χ2n) is 5.11. The maximum absolute atomic E-state index is 6.24. The quantitative estimate of drug-likeness (QED) is 0.841. The lowest BCUT2D eigenvalue weighted by Gasteiger charge is -2.34. The highest BCUT2D eigenvalue weighted by molar-refractivity contribution is 5.37. The van der Waals surface area contributed by atoms with Gasteiger partial charge >= 0.3 is 0 Å². The van der Waals surface area contributed by atoms with Crippen LogP contribution in [0.25, 0.3) is 0 Å². The van der Waals surface area contributed by atoms with Crippen LogP contribution >= 0.6 is 0 Å². The standard InChI is InChI=1S/C15H24N2O/c1-4-17(12-9-10-12)15(11(2)16)13-7-5-6-8-14(13)18-3/h5-8,11-12,15H,4,9-10,16H2,1-3H3. The number of methoxy groups -OCH3 is 1. The van der Waals surface area contributed by atoms with Crippen molar-refractivity contribution in [1.29, 1.82) is 0 Å². The summed E-state index contributed by atoms with van der Waals surface area (Å²) in [6, 6.07) is 9.28. The second kappa shape index (κ2) is 5.72. The predicted octanol–water partition coefficient (Wildman–Crippen LogP) is 2.57. The van der Waals surface area contributed by atoms with Crippen LogP contribution in [0.1, 0.15) is 38.3 Å². The molecule has 0 aliphatic heterocycles. The summed E-state index contributed by atoms with van der Waals surface area (Å²) in [5.41, 5.74) is 7.45. The van der Waals surface area contributed by atoms with E-state index in [9.17, 15) is 0 Å². The molecule has 0 aromatic heterocycles. The summed E-state index contributed by atoms with van der Waals surface area (Å²) >= 11 is 0. The molecular weight excluding hydrogens is 224 g/mol. The van der Waals surface area contributed by atoms with Gasteiger partial charge in [-0.3, -0.25) is 4.90 Å². The molecule has 100 valence electrons. The van der Waals surface area contributed by atoms with Crippen LogP contribution in [-0.2, 0) is 0 Å². The van der Waals surface area contributed by atoms with E-state index in [0.717, 1.165) is 12.3 Å². The van der Waals surface area contributed by atoms with E-state index in [1.807, 2.05) is 12.1 Å². The summed E-state index contributed by atoms with van der Waals surface area (Å²) in [6.07, 6.45) is 2.60. The van der Waals surface area contributed by atoms with Crippen LogP contribution in [-0.4, -0.2) is 30.6 Å². The van der Waals surface area contributed by atoms with Crippen molar-refractivity contribution >= 4 is 0 Å². The number of benzene rings is 1. The summed E-state index contributed by atoms with van der Waals surface area (Å²) < 4.78 is 5.49. The molecule has 1 aromatic rings. The van der Waals surface area contributed by atoms with Crippen LogP contribution < -0.4 is 10.5 Å². The van der Waals surface area contributed by atoms with Gasteiger partial charge in [-0.2, -0.15) is 0 Å². The first kappa shape index (κ1) is 13.4. The lowest BCUT2D eigenvalue weighted by molar-refractivity contribution is 0.172. The highest BCUT2D eigenvalue weighted by Crippen LogP contribution is 2.38. The predicted molar refractivity (Wildman–Crippen MR) is 74.8 cm³/mol. The van der Waals surface area contributed by atoms with Crippen LogP contribution in [0.5, 0.6) is 5.75 Å². The van der Waals surface area contributed by atoms with Gasteiger partial charge in [0, 0.05) is 17.6 Å². The number of rotatable bonds is 6. The average molecular weight is 248 g/mol. The number of ether oxygens (including phenoxy) is 1. The first-order chi connectivity index (χ1) is 8.69. The molecule has 18 heavy (non-hydrogen) atoms. The van der Waals surface area contributed by atoms with E-state index >= 15 is 0 Å². The summed E-state index contributed by atoms with van der Waals surface area (Å²) in [5, 5.41) is 0. The Hall–Kier alpha value is -1.06. The van der Waals surface area contributed by atoms with Crippen molar-refractivity contribution in [3.05, 3.63) is 29.8 Å². The van der Waals surface area contributed by atoms with Crippen molar-refractivity contribution in [1.82, 2.24) is 4.90 Å². The Morgan fingerprint density at radius 1 is 1.39 bits per heavy atom. The van der Waals surface area contributed by atoms with Gasteiger partial charge in [0.05, 0.1) is 13.2 Å². The molecule has 0 heterocycles. The third-order valence-corrected chi connectivity index (χ3v) is 3.69. The molecule has 0 saturated heterocycles. The molecule has 0 spiro atoms. The van der Waals surface area contributed by atoms with E-state index in [2.05, 4.69) is 30.9 Å². The minimum absolute atomic E-state index is 0.0989. The van der Waals surface area contributed by atoms with E-state index in [1.54, 1.807) is 7.11 Å². The van der Waals surface area contributed by atoms with Crippen LogP contribution in [0, 0.1) is 0 Å². The van der Waals surface area contributed by atoms with E-state index in [1.165, 1.54) is 18.4 Å². The number of nitrogens with zero attached hydrogens (tertiary/aromatic N) is 1. The summed E-state index contributed by atoms with van der Waals surface area (Å²) in [5.74, 6) is 0.943. The van der Waals surface area contributed by atoms with Gasteiger partial charge in [-0.1, -0.05) is 25.1 Å². The van der Waals surface area contributed by atoms with E-state index in [4.69, 9.17) is 10.5 Å². The lowest BCUT2D eigenvalue weighted by Crippen LogP contribution is -2.40. The van der Waals surface area contributed by atoms with Gasteiger partial charge < -0.3 is 10.5 Å². The van der Waals surface area contributed by atoms with Crippen molar-refractivity contribution < 1.29 is 4.74 Å². The lowest BCUT2D eigenvalue weighted by atomic mass is 9.98. The summed E-state index contributed by atoms with van der Waals surface area (Å²) in [6.45, 7) is 5.33. The Kier molecular flexibility index (Phi) is 4.25. The molecule has 1 aromatic carbocycles. The molecule has 0 amide bonds. The zero-order valence-corrected chi connectivity index (χ0v) is 11.6. The maximum atomic E-state index is 6.24. The largest absolute Gasteiger partial charge is 0.496 e. The zero-order valence-electron chi connectivity index (χ0n) is 11.6. The van der Waals surface area contributed by atoms with Crippen LogP contribution in [0.2, 0.25) is 0 Å². The Bertz CT molecular complexity index is 388. The van der Waals surface area contributed by atoms with E-state index in [-0.39, 0.29) is 12.1 Å². The van der Waals surface area contributed by atoms with Gasteiger partial charge in [-0.05, 0) is 32.4 Å². The number of nitrogens with two attached hydrogens (primary N) is 1. The Morgan fingerprint density at radius 2 is 2.06 bits per heavy atom. The second-order valence-corrected chi connectivity index (χ2v) is 5.11. The molecule has 2 rings (SSSR count). The first-order valence-corrected chi connectivity index (χ1v) is 6.83. The summed E-state index contributed by atoms with van der Waals surface area (Å²) in [4.78, 5) is 2.52. The zero-order chi connectivity index (χ0) is 13.1. The Balaban J connectivity index is 2.33. The van der Waals surface area contributed by atoms with Gasteiger partial charge in [-0.15, -0.1) is 0 Å². The smallest absolute Gasteiger partial charge is 0.123 e. The van der Waals surface area contributed by atoms with Gasteiger partial charge in [0.2, 0.25) is 0 Å². The Labute approximate surface area is 110 Å². The molecule has 0 bridgehead atoms. The minimum atomic E-state index is 0.0989. The Morgan fingerprint density at radius 3 is 2.56 bits per heavy atom. The number of hydrogen-bond donors (Lipinski definition) is 1. The molecular formula is C15H24N2O. The van der Waals surface area contributed by atoms with Crippen LogP contribution in [0.3, 0.4) is 0 Å². The molecule has 0 radical (unpaired) electrons. The molecule has 2 unspecified atom stereocenters. The fraction of sp³-hybridized carbons (Fsp3) is 0.600. The normalized spacial score (nSPS) is 18.7. The monoisotopic (exact) mass is 248 g/mol. The average Bonchev–Trinajstić information content (AvgIpc) is 3.19. The van der Waals surface area contributed by atoms with Crippen molar-refractivity contribution in [2.45, 2.75) is 44.8 Å². The van der Waals surface area contributed by atoms with Gasteiger partial charge in [0.15, 0.2) is 0 Å². The fourth-order valence-corrected chi connectivity index (χ4v) is 2.76. The third-order valence-electron chi connectivity index (χ3n) is 3.69. The van der Waals surface area contributed by atoms with Gasteiger partial charge in [-0.25, -0.2) is 0 Å². The van der Waals surface area contributed by atoms with Crippen LogP contribution in [0.15, 0.2) is 24.3 Å². The number of likely N-dealkylation sites (N-methyl/N-ethyl adjacent to an activating group) is 1. The van der Waals surface area contributed by atoms with E-state index in [0.29, 0.717) is 6.04 Å². The molecule has 1 aliphatic carbocycles. The number of para-hydroxylation sites is 1. The third kappa shape index (κ3) is 2.68. The van der Waals surface area contributed by atoms with Crippen molar-refractivity contribution in [2.75, 3.05) is 13.7 Å². The SMILES string of the molecule is CCN(C1CC1)C(c1ccccc1OC)C(C)N. The number of hydrogen-bond acceptors (Lipinski definition) is 3. The highest BCUT2D eigenvalue weighted by atomic mass is 16.5. The van der Waals surface area contributed by atoms with Crippen molar-refractivity contribution in [3.63, 3.8) is 0 Å². The van der Waals surface area contributed by atoms with Crippen LogP contribution in [0.4, 0.5) is 0 Å².